The molecule has 0 saturated carbocycles. The zero-order chi connectivity index (χ0) is 16.5. The molecule has 0 saturated heterocycles. The average Bonchev–Trinajstić information content (AvgIpc) is 2.42. The van der Waals surface area contributed by atoms with Crippen molar-refractivity contribution in [2.45, 2.75) is 6.18 Å². The predicted octanol–water partition coefficient (Wildman–Crippen LogP) is 3.10. The first-order valence-corrected chi connectivity index (χ1v) is 6.28. The number of phenols is 1. The minimum atomic E-state index is -4.96. The summed E-state index contributed by atoms with van der Waals surface area (Å²) in [5.74, 6) is -3.53. The highest BCUT2D eigenvalue weighted by Gasteiger charge is 2.36. The van der Waals surface area contributed by atoms with Gasteiger partial charge >= 0.3 is 6.18 Å². The van der Waals surface area contributed by atoms with Crippen molar-refractivity contribution in [1.82, 2.24) is 5.32 Å². The van der Waals surface area contributed by atoms with Crippen molar-refractivity contribution in [3.63, 3.8) is 0 Å². The van der Waals surface area contributed by atoms with Crippen LogP contribution in [0.5, 0.6) is 5.75 Å². The normalized spacial score (nSPS) is 14.8. The summed E-state index contributed by atoms with van der Waals surface area (Å²) in [5, 5.41) is 14.2. The molecule has 1 amide bonds. The summed E-state index contributed by atoms with van der Waals surface area (Å²) in [6, 6.07) is 1.03. The Labute approximate surface area is 127 Å². The van der Waals surface area contributed by atoms with Gasteiger partial charge in [0.2, 0.25) is 0 Å². The van der Waals surface area contributed by atoms with Gasteiger partial charge in [0, 0.05) is 5.03 Å². The van der Waals surface area contributed by atoms with E-state index >= 15 is 0 Å². The molecule has 1 aromatic carbocycles. The molecule has 1 heterocycles. The minimum absolute atomic E-state index is 0.0448. The second-order valence-electron chi connectivity index (χ2n) is 4.31. The largest absolute Gasteiger partial charge is 0.506 e. The Morgan fingerprint density at radius 1 is 1.36 bits per heavy atom. The van der Waals surface area contributed by atoms with Crippen LogP contribution in [0.2, 0.25) is 0 Å². The van der Waals surface area contributed by atoms with Gasteiger partial charge in [-0.05, 0) is 24.4 Å². The zero-order valence-electron chi connectivity index (χ0n) is 10.8. The van der Waals surface area contributed by atoms with E-state index in [0.717, 1.165) is 0 Å². The van der Waals surface area contributed by atoms with Crippen LogP contribution < -0.4 is 10.6 Å². The number of carbonyl (C=O) groups is 1. The van der Waals surface area contributed by atoms with Gasteiger partial charge in [-0.25, -0.2) is 4.39 Å². The van der Waals surface area contributed by atoms with Gasteiger partial charge in [0.25, 0.3) is 5.91 Å². The fourth-order valence-corrected chi connectivity index (χ4v) is 1.99. The lowest BCUT2D eigenvalue weighted by Crippen LogP contribution is -2.22. The van der Waals surface area contributed by atoms with E-state index in [2.05, 4.69) is 5.32 Å². The highest BCUT2D eigenvalue weighted by Crippen LogP contribution is 2.38. The Hall–Kier alpha value is -2.22. The van der Waals surface area contributed by atoms with Crippen LogP contribution in [0, 0.1) is 5.82 Å². The summed E-state index contributed by atoms with van der Waals surface area (Å²) >= 11 is 5.80. The zero-order valence-corrected chi connectivity index (χ0v) is 11.5. The molecule has 0 spiro atoms. The lowest BCUT2D eigenvalue weighted by atomic mass is 10.1. The fraction of sp³-hybridized carbons (Fsp3) is 0.154. The minimum Gasteiger partial charge on any atom is -0.506 e. The van der Waals surface area contributed by atoms with Gasteiger partial charge in [-0.15, -0.1) is 0 Å². The molecule has 22 heavy (non-hydrogen) atoms. The molecule has 0 aliphatic carbocycles. The monoisotopic (exact) mass is 336 g/mol. The number of alkyl halides is 3. The molecule has 4 nitrogen and oxygen atoms in total. The Balaban J connectivity index is 2.38. The average molecular weight is 337 g/mol. The highest BCUT2D eigenvalue weighted by atomic mass is 35.5. The Kier molecular flexibility index (Phi) is 4.32. The van der Waals surface area contributed by atoms with Crippen LogP contribution >= 0.6 is 11.6 Å². The summed E-state index contributed by atoms with van der Waals surface area (Å²) in [4.78, 5) is 12.0. The summed E-state index contributed by atoms with van der Waals surface area (Å²) < 4.78 is 51.8. The second kappa shape index (κ2) is 5.88. The number of aromatic hydroxyl groups is 1. The SMILES string of the molecule is O=C(Nc1c(O)ccc(C(F)(F)F)c1F)C1=C(Cl)CNC=C1. The van der Waals surface area contributed by atoms with E-state index in [1.807, 2.05) is 5.32 Å². The predicted molar refractivity (Wildman–Crippen MR) is 71.7 cm³/mol. The number of hydrogen-bond donors (Lipinski definition) is 3. The molecular weight excluding hydrogens is 328 g/mol. The van der Waals surface area contributed by atoms with E-state index < -0.39 is 34.9 Å². The molecular formula is C13H9ClF4N2O2. The molecule has 1 aromatic rings. The van der Waals surface area contributed by atoms with Gasteiger partial charge in [0.05, 0.1) is 17.7 Å². The third-order valence-corrected chi connectivity index (χ3v) is 3.16. The van der Waals surface area contributed by atoms with E-state index in [0.29, 0.717) is 12.1 Å². The van der Waals surface area contributed by atoms with Gasteiger partial charge in [0.15, 0.2) is 5.82 Å². The van der Waals surface area contributed by atoms with Crippen LogP contribution in [0.4, 0.5) is 23.2 Å². The molecule has 9 heteroatoms. The van der Waals surface area contributed by atoms with Crippen LogP contribution in [0.15, 0.2) is 35.0 Å². The van der Waals surface area contributed by atoms with Crippen molar-refractivity contribution < 1.29 is 27.5 Å². The molecule has 0 unspecified atom stereocenters. The van der Waals surface area contributed by atoms with Crippen LogP contribution in [0.25, 0.3) is 0 Å². The first-order valence-electron chi connectivity index (χ1n) is 5.90. The molecule has 0 radical (unpaired) electrons. The van der Waals surface area contributed by atoms with E-state index in [9.17, 15) is 27.5 Å². The topological polar surface area (TPSA) is 61.4 Å². The molecule has 3 N–H and O–H groups in total. The van der Waals surface area contributed by atoms with Crippen molar-refractivity contribution in [1.29, 1.82) is 0 Å². The van der Waals surface area contributed by atoms with Gasteiger partial charge in [-0.2, -0.15) is 13.2 Å². The number of anilines is 1. The molecule has 1 aliphatic rings. The van der Waals surface area contributed by atoms with Crippen molar-refractivity contribution >= 4 is 23.2 Å². The summed E-state index contributed by atoms with van der Waals surface area (Å²) in [6.45, 7) is 0.151. The number of hydrogen-bond acceptors (Lipinski definition) is 3. The number of carbonyl (C=O) groups excluding carboxylic acids is 1. The Morgan fingerprint density at radius 3 is 2.64 bits per heavy atom. The summed E-state index contributed by atoms with van der Waals surface area (Å²) in [5.41, 5.74) is -2.60. The Morgan fingerprint density at radius 2 is 2.05 bits per heavy atom. The number of benzene rings is 1. The standard InChI is InChI=1S/C13H9ClF4N2O2/c14-8-5-19-4-3-6(8)12(22)20-11-9(21)2-1-7(10(11)15)13(16,17)18/h1-4,19,21H,5H2,(H,20,22). The van der Waals surface area contributed by atoms with Crippen LogP contribution in [0.1, 0.15) is 5.56 Å². The summed E-state index contributed by atoms with van der Waals surface area (Å²) in [6.07, 6.45) is -2.27. The van der Waals surface area contributed by atoms with Crippen LogP contribution in [-0.2, 0) is 11.0 Å². The van der Waals surface area contributed by atoms with Gasteiger partial charge in [-0.1, -0.05) is 11.6 Å². The van der Waals surface area contributed by atoms with E-state index in [4.69, 9.17) is 11.6 Å². The highest BCUT2D eigenvalue weighted by molar-refractivity contribution is 6.33. The molecule has 1 aliphatic heterocycles. The maximum Gasteiger partial charge on any atom is 0.419 e. The third-order valence-electron chi connectivity index (χ3n) is 2.83. The number of dihydropyridines is 1. The Bertz CT molecular complexity index is 683. The lowest BCUT2D eigenvalue weighted by molar-refractivity contribution is -0.140. The molecule has 0 atom stereocenters. The van der Waals surface area contributed by atoms with Crippen LogP contribution in [0.3, 0.4) is 0 Å². The molecule has 118 valence electrons. The van der Waals surface area contributed by atoms with E-state index in [-0.39, 0.29) is 17.2 Å². The first kappa shape index (κ1) is 16.2. The van der Waals surface area contributed by atoms with E-state index in [1.165, 1.54) is 12.3 Å². The van der Waals surface area contributed by atoms with Crippen LogP contribution in [-0.4, -0.2) is 17.6 Å². The number of rotatable bonds is 2. The van der Waals surface area contributed by atoms with Crippen molar-refractivity contribution in [3.05, 3.63) is 46.4 Å². The smallest absolute Gasteiger partial charge is 0.419 e. The number of nitrogens with one attached hydrogen (secondary N) is 2. The molecule has 0 aromatic heterocycles. The van der Waals surface area contributed by atoms with Crippen molar-refractivity contribution in [2.24, 2.45) is 0 Å². The first-order chi connectivity index (χ1) is 10.2. The number of amides is 1. The van der Waals surface area contributed by atoms with Gasteiger partial charge < -0.3 is 15.7 Å². The lowest BCUT2D eigenvalue weighted by Gasteiger charge is -2.15. The van der Waals surface area contributed by atoms with Gasteiger partial charge in [-0.3, -0.25) is 4.79 Å². The van der Waals surface area contributed by atoms with Crippen molar-refractivity contribution in [2.75, 3.05) is 11.9 Å². The molecule has 0 bridgehead atoms. The maximum atomic E-state index is 13.9. The fourth-order valence-electron chi connectivity index (χ4n) is 1.76. The molecule has 0 fully saturated rings. The number of phenolic OH excluding ortho intramolecular Hbond substituents is 1. The van der Waals surface area contributed by atoms with Crippen molar-refractivity contribution in [3.8, 4) is 5.75 Å². The summed E-state index contributed by atoms with van der Waals surface area (Å²) in [7, 11) is 0. The second-order valence-corrected chi connectivity index (χ2v) is 4.76. The quantitative estimate of drug-likeness (QED) is 0.574. The van der Waals surface area contributed by atoms with E-state index in [1.54, 1.807) is 0 Å². The van der Waals surface area contributed by atoms with Gasteiger partial charge in [0.1, 0.15) is 11.4 Å². The third kappa shape index (κ3) is 3.16. The maximum absolute atomic E-state index is 13.9. The number of halogens is 5. The molecule has 2 rings (SSSR count).